The average Bonchev–Trinajstić information content (AvgIpc) is 2.53. The van der Waals surface area contributed by atoms with Gasteiger partial charge in [-0.3, -0.25) is 0 Å². The summed E-state index contributed by atoms with van der Waals surface area (Å²) in [7, 11) is -3.16. The smallest absolute Gasteiger partial charge is 0.151 e. The van der Waals surface area contributed by atoms with E-state index in [2.05, 4.69) is 31.3 Å². The standard InChI is InChI=1S/C19H24FNO2S/c1-14(16-7-5-4-6-8-16)15(2)21-12-18-11-19(20)10-9-17(18)13-24(3,22)23/h4-11,14-15,21H,12-13H2,1-3H3. The van der Waals surface area contributed by atoms with Gasteiger partial charge in [0, 0.05) is 18.8 Å². The molecule has 0 spiro atoms. The Kier molecular flexibility index (Phi) is 6.13. The fourth-order valence-electron chi connectivity index (χ4n) is 2.68. The van der Waals surface area contributed by atoms with Crippen LogP contribution in [-0.2, 0) is 22.1 Å². The van der Waals surface area contributed by atoms with Crippen molar-refractivity contribution >= 4 is 9.84 Å². The summed E-state index contributed by atoms with van der Waals surface area (Å²) >= 11 is 0. The van der Waals surface area contributed by atoms with Gasteiger partial charge in [-0.05, 0) is 41.7 Å². The van der Waals surface area contributed by atoms with Gasteiger partial charge in [0.2, 0.25) is 0 Å². The first-order chi connectivity index (χ1) is 11.3. The Morgan fingerprint density at radius 3 is 2.33 bits per heavy atom. The van der Waals surface area contributed by atoms with Crippen LogP contribution in [0, 0.1) is 5.82 Å². The van der Waals surface area contributed by atoms with Crippen LogP contribution in [-0.4, -0.2) is 20.7 Å². The molecule has 0 heterocycles. The molecule has 0 saturated carbocycles. The zero-order valence-corrected chi connectivity index (χ0v) is 15.1. The maximum Gasteiger partial charge on any atom is 0.151 e. The molecule has 2 atom stereocenters. The van der Waals surface area contributed by atoms with Crippen molar-refractivity contribution in [2.45, 2.75) is 38.1 Å². The van der Waals surface area contributed by atoms with E-state index in [0.717, 1.165) is 0 Å². The summed E-state index contributed by atoms with van der Waals surface area (Å²) < 4.78 is 36.7. The van der Waals surface area contributed by atoms with Gasteiger partial charge in [0.05, 0.1) is 5.75 Å². The van der Waals surface area contributed by atoms with Gasteiger partial charge in [-0.25, -0.2) is 12.8 Å². The molecule has 3 nitrogen and oxygen atoms in total. The monoisotopic (exact) mass is 349 g/mol. The van der Waals surface area contributed by atoms with Crippen molar-refractivity contribution in [3.05, 3.63) is 71.0 Å². The third kappa shape index (κ3) is 5.42. The van der Waals surface area contributed by atoms with E-state index in [0.29, 0.717) is 17.7 Å². The largest absolute Gasteiger partial charge is 0.310 e. The van der Waals surface area contributed by atoms with E-state index in [4.69, 9.17) is 0 Å². The topological polar surface area (TPSA) is 46.2 Å². The van der Waals surface area contributed by atoms with Gasteiger partial charge in [-0.2, -0.15) is 0 Å². The van der Waals surface area contributed by atoms with Gasteiger partial charge >= 0.3 is 0 Å². The van der Waals surface area contributed by atoms with E-state index in [-0.39, 0.29) is 23.5 Å². The lowest BCUT2D eigenvalue weighted by Gasteiger charge is -2.22. The van der Waals surface area contributed by atoms with E-state index >= 15 is 0 Å². The Morgan fingerprint density at radius 1 is 1.04 bits per heavy atom. The number of benzene rings is 2. The van der Waals surface area contributed by atoms with Crippen molar-refractivity contribution in [1.82, 2.24) is 5.32 Å². The molecular formula is C19H24FNO2S. The second-order valence-corrected chi connectivity index (χ2v) is 8.49. The molecule has 1 N–H and O–H groups in total. The van der Waals surface area contributed by atoms with Crippen LogP contribution in [0.4, 0.5) is 4.39 Å². The fraction of sp³-hybridized carbons (Fsp3) is 0.368. The molecule has 5 heteroatoms. The number of halogens is 1. The number of rotatable bonds is 7. The highest BCUT2D eigenvalue weighted by Crippen LogP contribution is 2.20. The van der Waals surface area contributed by atoms with Crippen LogP contribution < -0.4 is 5.32 Å². The molecule has 0 aliphatic heterocycles. The Hall–Kier alpha value is -1.72. The minimum absolute atomic E-state index is 0.0765. The predicted molar refractivity (Wildman–Crippen MR) is 96.1 cm³/mol. The zero-order valence-electron chi connectivity index (χ0n) is 14.3. The van der Waals surface area contributed by atoms with Gasteiger partial charge in [0.25, 0.3) is 0 Å². The van der Waals surface area contributed by atoms with Crippen LogP contribution in [0.2, 0.25) is 0 Å². The quantitative estimate of drug-likeness (QED) is 0.830. The molecule has 2 unspecified atom stereocenters. The molecule has 2 aromatic carbocycles. The molecule has 130 valence electrons. The fourth-order valence-corrected chi connectivity index (χ4v) is 3.52. The molecule has 0 aromatic heterocycles. The van der Waals surface area contributed by atoms with Crippen molar-refractivity contribution < 1.29 is 12.8 Å². The molecule has 0 saturated heterocycles. The number of sulfone groups is 1. The molecule has 0 radical (unpaired) electrons. The summed E-state index contributed by atoms with van der Waals surface area (Å²) in [5, 5.41) is 3.39. The molecule has 0 amide bonds. The van der Waals surface area contributed by atoms with E-state index in [1.165, 1.54) is 24.0 Å². The molecular weight excluding hydrogens is 325 g/mol. The average molecular weight is 349 g/mol. The second kappa shape index (κ2) is 7.90. The van der Waals surface area contributed by atoms with E-state index < -0.39 is 9.84 Å². The Bertz CT molecular complexity index is 775. The lowest BCUT2D eigenvalue weighted by molar-refractivity contribution is 0.478. The maximum atomic E-state index is 13.6. The second-order valence-electron chi connectivity index (χ2n) is 6.35. The zero-order chi connectivity index (χ0) is 17.7. The summed E-state index contributed by atoms with van der Waals surface area (Å²) in [5.41, 5.74) is 2.56. The van der Waals surface area contributed by atoms with Crippen LogP contribution in [0.15, 0.2) is 48.5 Å². The SMILES string of the molecule is CC(NCc1cc(F)ccc1CS(C)(=O)=O)C(C)c1ccccc1. The molecule has 0 aliphatic carbocycles. The normalized spacial score (nSPS) is 14.3. The van der Waals surface area contributed by atoms with Gasteiger partial charge in [0.1, 0.15) is 5.82 Å². The summed E-state index contributed by atoms with van der Waals surface area (Å²) in [4.78, 5) is 0. The molecule has 0 bridgehead atoms. The molecule has 24 heavy (non-hydrogen) atoms. The third-order valence-electron chi connectivity index (χ3n) is 4.28. The molecule has 0 fully saturated rings. The molecule has 2 rings (SSSR count). The Balaban J connectivity index is 2.09. The highest BCUT2D eigenvalue weighted by atomic mass is 32.2. The highest BCUT2D eigenvalue weighted by molar-refractivity contribution is 7.89. The van der Waals surface area contributed by atoms with Gasteiger partial charge in [-0.1, -0.05) is 43.3 Å². The molecule has 0 aliphatic rings. The number of nitrogens with one attached hydrogen (secondary N) is 1. The van der Waals surface area contributed by atoms with Crippen LogP contribution in [0.1, 0.15) is 36.5 Å². The number of hydrogen-bond donors (Lipinski definition) is 1. The van der Waals surface area contributed by atoms with Gasteiger partial charge < -0.3 is 5.32 Å². The Morgan fingerprint density at radius 2 is 1.71 bits per heavy atom. The lowest BCUT2D eigenvalue weighted by Crippen LogP contribution is -2.31. The third-order valence-corrected chi connectivity index (χ3v) is 5.11. The van der Waals surface area contributed by atoms with Gasteiger partial charge in [-0.15, -0.1) is 0 Å². The first-order valence-corrected chi connectivity index (χ1v) is 10.1. The van der Waals surface area contributed by atoms with Gasteiger partial charge in [0.15, 0.2) is 9.84 Å². The highest BCUT2D eigenvalue weighted by Gasteiger charge is 2.15. The van der Waals surface area contributed by atoms with Crippen LogP contribution in [0.25, 0.3) is 0 Å². The predicted octanol–water partition coefficient (Wildman–Crippen LogP) is 3.65. The molecule has 2 aromatic rings. The minimum atomic E-state index is -3.16. The summed E-state index contributed by atoms with van der Waals surface area (Å²) in [6.07, 6.45) is 1.19. The first kappa shape index (κ1) is 18.6. The van der Waals surface area contributed by atoms with Crippen LogP contribution >= 0.6 is 0 Å². The van der Waals surface area contributed by atoms with Crippen molar-refractivity contribution in [2.75, 3.05) is 6.26 Å². The summed E-state index contributed by atoms with van der Waals surface area (Å²) in [6.45, 7) is 4.64. The van der Waals surface area contributed by atoms with Crippen molar-refractivity contribution in [2.24, 2.45) is 0 Å². The van der Waals surface area contributed by atoms with Crippen molar-refractivity contribution in [1.29, 1.82) is 0 Å². The lowest BCUT2D eigenvalue weighted by atomic mass is 9.94. The van der Waals surface area contributed by atoms with Crippen LogP contribution in [0.3, 0.4) is 0 Å². The Labute approximate surface area is 143 Å². The maximum absolute atomic E-state index is 13.6. The van der Waals surface area contributed by atoms with Crippen molar-refractivity contribution in [3.63, 3.8) is 0 Å². The van der Waals surface area contributed by atoms with Crippen LogP contribution in [0.5, 0.6) is 0 Å². The first-order valence-electron chi connectivity index (χ1n) is 7.99. The van der Waals surface area contributed by atoms with E-state index in [1.54, 1.807) is 6.07 Å². The van der Waals surface area contributed by atoms with Crippen molar-refractivity contribution in [3.8, 4) is 0 Å². The van der Waals surface area contributed by atoms with E-state index in [1.807, 2.05) is 18.2 Å². The number of hydrogen-bond acceptors (Lipinski definition) is 3. The summed E-state index contributed by atoms with van der Waals surface area (Å²) in [6, 6.07) is 14.6. The van der Waals surface area contributed by atoms with E-state index in [9.17, 15) is 12.8 Å². The minimum Gasteiger partial charge on any atom is -0.310 e. The summed E-state index contributed by atoms with van der Waals surface area (Å²) in [5.74, 6) is -0.140.